The molecule has 0 aliphatic rings. The number of nitriles is 1. The SMILES string of the molecule is CCOC(=O)C(C#N)=C(SC)Sc1ccc(Cl)cc1. The number of rotatable bonds is 5. The first-order valence-corrected chi connectivity index (χ1v) is 7.83. The molecule has 0 aliphatic carbocycles. The molecule has 1 aromatic carbocycles. The van der Waals surface area contributed by atoms with Crippen molar-refractivity contribution in [3.63, 3.8) is 0 Å². The molecule has 0 radical (unpaired) electrons. The van der Waals surface area contributed by atoms with Crippen LogP contribution in [0.25, 0.3) is 0 Å². The van der Waals surface area contributed by atoms with Gasteiger partial charge in [0.25, 0.3) is 0 Å². The third-order valence-corrected chi connectivity index (χ3v) is 4.48. The molecule has 1 rings (SSSR count). The highest BCUT2D eigenvalue weighted by Gasteiger charge is 2.17. The molecule has 100 valence electrons. The van der Waals surface area contributed by atoms with Crippen molar-refractivity contribution in [1.29, 1.82) is 5.26 Å². The van der Waals surface area contributed by atoms with Crippen LogP contribution in [0.15, 0.2) is 39.0 Å². The van der Waals surface area contributed by atoms with Crippen molar-refractivity contribution >= 4 is 41.1 Å². The summed E-state index contributed by atoms with van der Waals surface area (Å²) >= 11 is 8.50. The van der Waals surface area contributed by atoms with E-state index in [2.05, 4.69) is 0 Å². The Morgan fingerprint density at radius 1 is 1.42 bits per heavy atom. The van der Waals surface area contributed by atoms with E-state index in [0.717, 1.165) is 4.90 Å². The monoisotopic (exact) mass is 313 g/mol. The second-order valence-corrected chi connectivity index (χ2v) is 5.85. The number of benzene rings is 1. The van der Waals surface area contributed by atoms with E-state index in [1.165, 1.54) is 23.5 Å². The minimum Gasteiger partial charge on any atom is -0.462 e. The molecule has 0 amide bonds. The molecule has 0 saturated carbocycles. The summed E-state index contributed by atoms with van der Waals surface area (Å²) in [5.41, 5.74) is 0.0364. The minimum atomic E-state index is -0.587. The van der Waals surface area contributed by atoms with Gasteiger partial charge in [-0.1, -0.05) is 23.4 Å². The van der Waals surface area contributed by atoms with E-state index >= 15 is 0 Å². The van der Waals surface area contributed by atoms with Crippen LogP contribution in [-0.4, -0.2) is 18.8 Å². The van der Waals surface area contributed by atoms with Crippen molar-refractivity contribution in [2.24, 2.45) is 0 Å². The van der Waals surface area contributed by atoms with Crippen molar-refractivity contribution in [1.82, 2.24) is 0 Å². The lowest BCUT2D eigenvalue weighted by molar-refractivity contribution is -0.138. The first-order chi connectivity index (χ1) is 9.12. The van der Waals surface area contributed by atoms with Crippen LogP contribution in [0.3, 0.4) is 0 Å². The molecule has 6 heteroatoms. The molecule has 0 atom stereocenters. The Kier molecular flexibility index (Phi) is 6.85. The van der Waals surface area contributed by atoms with Crippen LogP contribution in [0, 0.1) is 11.3 Å². The van der Waals surface area contributed by atoms with Gasteiger partial charge >= 0.3 is 5.97 Å². The predicted molar refractivity (Wildman–Crippen MR) is 80.1 cm³/mol. The second kappa shape index (κ2) is 8.16. The summed E-state index contributed by atoms with van der Waals surface area (Å²) in [5.74, 6) is -0.587. The van der Waals surface area contributed by atoms with Crippen LogP contribution in [0.2, 0.25) is 5.02 Å². The van der Waals surface area contributed by atoms with Crippen molar-refractivity contribution in [2.45, 2.75) is 11.8 Å². The fourth-order valence-electron chi connectivity index (χ4n) is 1.18. The first kappa shape index (κ1) is 16.0. The zero-order valence-corrected chi connectivity index (χ0v) is 12.9. The Hall–Kier alpha value is -1.09. The Morgan fingerprint density at radius 2 is 2.05 bits per heavy atom. The summed E-state index contributed by atoms with van der Waals surface area (Å²) in [7, 11) is 0. The van der Waals surface area contributed by atoms with Gasteiger partial charge in [0.1, 0.15) is 6.07 Å². The summed E-state index contributed by atoms with van der Waals surface area (Å²) in [6.45, 7) is 1.95. The number of hydrogen-bond acceptors (Lipinski definition) is 5. The van der Waals surface area contributed by atoms with E-state index in [-0.39, 0.29) is 12.2 Å². The lowest BCUT2D eigenvalue weighted by atomic mass is 10.3. The maximum atomic E-state index is 11.7. The first-order valence-electron chi connectivity index (χ1n) is 5.41. The molecule has 19 heavy (non-hydrogen) atoms. The van der Waals surface area contributed by atoms with Crippen LogP contribution in [0.1, 0.15) is 6.92 Å². The number of esters is 1. The maximum Gasteiger partial charge on any atom is 0.350 e. The van der Waals surface area contributed by atoms with Crippen molar-refractivity contribution in [3.05, 3.63) is 39.1 Å². The molecular formula is C13H12ClNO2S2. The summed E-state index contributed by atoms with van der Waals surface area (Å²) in [4.78, 5) is 12.6. The highest BCUT2D eigenvalue weighted by atomic mass is 35.5. The average Bonchev–Trinajstić information content (AvgIpc) is 2.41. The highest BCUT2D eigenvalue weighted by Crippen LogP contribution is 2.36. The molecule has 0 unspecified atom stereocenters. The van der Waals surface area contributed by atoms with Gasteiger partial charge in [0.05, 0.1) is 10.8 Å². The summed E-state index contributed by atoms with van der Waals surface area (Å²) in [6, 6.07) is 9.10. The zero-order valence-electron chi connectivity index (χ0n) is 10.5. The number of thioether (sulfide) groups is 2. The molecule has 0 heterocycles. The molecule has 1 aromatic rings. The Labute approximate surface area is 126 Å². The molecule has 0 aromatic heterocycles. The largest absolute Gasteiger partial charge is 0.462 e. The van der Waals surface area contributed by atoms with Crippen molar-refractivity contribution in [2.75, 3.05) is 12.9 Å². The zero-order chi connectivity index (χ0) is 14.3. The van der Waals surface area contributed by atoms with Gasteiger partial charge in [0.2, 0.25) is 0 Å². The van der Waals surface area contributed by atoms with Crippen LogP contribution >= 0.6 is 35.1 Å². The lowest BCUT2D eigenvalue weighted by Gasteiger charge is -2.07. The van der Waals surface area contributed by atoms with Gasteiger partial charge in [-0.25, -0.2) is 4.79 Å². The van der Waals surface area contributed by atoms with E-state index in [9.17, 15) is 4.79 Å². The molecule has 0 N–H and O–H groups in total. The molecular weight excluding hydrogens is 302 g/mol. The van der Waals surface area contributed by atoms with Gasteiger partial charge in [0, 0.05) is 9.92 Å². The van der Waals surface area contributed by atoms with Crippen LogP contribution < -0.4 is 0 Å². The molecule has 0 spiro atoms. The van der Waals surface area contributed by atoms with Gasteiger partial charge < -0.3 is 4.74 Å². The van der Waals surface area contributed by atoms with E-state index in [0.29, 0.717) is 9.26 Å². The fourth-order valence-corrected chi connectivity index (χ4v) is 2.98. The summed E-state index contributed by atoms with van der Waals surface area (Å²) in [5, 5.41) is 9.73. The molecule has 0 fully saturated rings. The molecule has 3 nitrogen and oxygen atoms in total. The van der Waals surface area contributed by atoms with Gasteiger partial charge in [0.15, 0.2) is 5.57 Å². The Balaban J connectivity index is 3.00. The van der Waals surface area contributed by atoms with Gasteiger partial charge in [-0.15, -0.1) is 11.8 Å². The van der Waals surface area contributed by atoms with Gasteiger partial charge in [-0.3, -0.25) is 0 Å². The molecule has 0 saturated heterocycles. The number of carbonyl (C=O) groups is 1. The second-order valence-electron chi connectivity index (χ2n) is 3.25. The normalized spacial score (nSPS) is 11.5. The Morgan fingerprint density at radius 3 is 2.53 bits per heavy atom. The van der Waals surface area contributed by atoms with E-state index in [1.807, 2.05) is 24.5 Å². The number of nitrogens with zero attached hydrogens (tertiary/aromatic N) is 1. The predicted octanol–water partition coefficient (Wildman–Crippen LogP) is 4.09. The fraction of sp³-hybridized carbons (Fsp3) is 0.231. The van der Waals surface area contributed by atoms with E-state index in [4.69, 9.17) is 21.6 Å². The van der Waals surface area contributed by atoms with Gasteiger partial charge in [-0.05, 0) is 37.4 Å². The summed E-state index contributed by atoms with van der Waals surface area (Å²) < 4.78 is 5.48. The average molecular weight is 314 g/mol. The highest BCUT2D eigenvalue weighted by molar-refractivity contribution is 8.22. The third kappa shape index (κ3) is 4.83. The van der Waals surface area contributed by atoms with Crippen LogP contribution in [0.4, 0.5) is 0 Å². The number of halogens is 1. The maximum absolute atomic E-state index is 11.7. The topological polar surface area (TPSA) is 50.1 Å². The quantitative estimate of drug-likeness (QED) is 0.354. The smallest absolute Gasteiger partial charge is 0.350 e. The molecule has 0 aliphatic heterocycles. The number of carbonyl (C=O) groups excluding carboxylic acids is 1. The van der Waals surface area contributed by atoms with E-state index < -0.39 is 5.97 Å². The molecule has 0 bridgehead atoms. The Bertz CT molecular complexity index is 520. The van der Waals surface area contributed by atoms with Crippen LogP contribution in [-0.2, 0) is 9.53 Å². The third-order valence-electron chi connectivity index (χ3n) is 2.01. The number of hydrogen-bond donors (Lipinski definition) is 0. The van der Waals surface area contributed by atoms with E-state index in [1.54, 1.807) is 19.1 Å². The summed E-state index contributed by atoms with van der Waals surface area (Å²) in [6.07, 6.45) is 1.81. The standard InChI is InChI=1S/C13H12ClNO2S2/c1-3-17-12(16)11(8-15)13(18-2)19-10-6-4-9(14)5-7-10/h4-7H,3H2,1-2H3. The lowest BCUT2D eigenvalue weighted by Crippen LogP contribution is -2.07. The van der Waals surface area contributed by atoms with Crippen molar-refractivity contribution < 1.29 is 9.53 Å². The number of ether oxygens (including phenoxy) is 1. The minimum absolute atomic E-state index is 0.0364. The van der Waals surface area contributed by atoms with Crippen molar-refractivity contribution in [3.8, 4) is 6.07 Å². The van der Waals surface area contributed by atoms with Gasteiger partial charge in [-0.2, -0.15) is 5.26 Å². The van der Waals surface area contributed by atoms with Crippen LogP contribution in [0.5, 0.6) is 0 Å².